The molecule has 0 amide bonds. The van der Waals surface area contributed by atoms with Gasteiger partial charge in [0.25, 0.3) is 0 Å². The van der Waals surface area contributed by atoms with Crippen LogP contribution >= 0.6 is 15.9 Å². The second-order valence-corrected chi connectivity index (χ2v) is 5.91. The van der Waals surface area contributed by atoms with Gasteiger partial charge in [-0.1, -0.05) is 40.2 Å². The predicted octanol–water partition coefficient (Wildman–Crippen LogP) is 3.19. The lowest BCUT2D eigenvalue weighted by atomic mass is 9.76. The SMILES string of the molecule is OCC(CO)(Cc1cccc(F)c1F)c1ccc(Br)cc1. The van der Waals surface area contributed by atoms with Crippen LogP contribution in [0.4, 0.5) is 8.78 Å². The molecule has 2 rings (SSSR count). The molecule has 2 nitrogen and oxygen atoms in total. The van der Waals surface area contributed by atoms with Crippen LogP contribution < -0.4 is 0 Å². The molecule has 0 heterocycles. The summed E-state index contributed by atoms with van der Waals surface area (Å²) in [4.78, 5) is 0. The highest BCUT2D eigenvalue weighted by molar-refractivity contribution is 9.10. The minimum absolute atomic E-state index is 0.00518. The van der Waals surface area contributed by atoms with E-state index in [1.165, 1.54) is 12.1 Å². The van der Waals surface area contributed by atoms with Crippen LogP contribution in [0.1, 0.15) is 11.1 Å². The van der Waals surface area contributed by atoms with E-state index in [2.05, 4.69) is 15.9 Å². The summed E-state index contributed by atoms with van der Waals surface area (Å²) in [5, 5.41) is 19.5. The summed E-state index contributed by atoms with van der Waals surface area (Å²) in [6, 6.07) is 10.9. The average molecular weight is 357 g/mol. The Morgan fingerprint density at radius 3 is 2.14 bits per heavy atom. The van der Waals surface area contributed by atoms with Crippen molar-refractivity contribution in [3.05, 3.63) is 69.7 Å². The summed E-state index contributed by atoms with van der Waals surface area (Å²) in [6.45, 7) is -0.748. The van der Waals surface area contributed by atoms with Crippen molar-refractivity contribution in [3.8, 4) is 0 Å². The van der Waals surface area contributed by atoms with Crippen LogP contribution in [0.5, 0.6) is 0 Å². The Hall–Kier alpha value is -1.30. The van der Waals surface area contributed by atoms with Gasteiger partial charge in [0.15, 0.2) is 11.6 Å². The van der Waals surface area contributed by atoms with E-state index in [-0.39, 0.29) is 25.2 Å². The van der Waals surface area contributed by atoms with E-state index in [0.717, 1.165) is 10.5 Å². The molecular weight excluding hydrogens is 342 g/mol. The van der Waals surface area contributed by atoms with E-state index >= 15 is 0 Å². The van der Waals surface area contributed by atoms with Gasteiger partial charge in [-0.2, -0.15) is 0 Å². The lowest BCUT2D eigenvalue weighted by molar-refractivity contribution is 0.115. The van der Waals surface area contributed by atoms with E-state index in [4.69, 9.17) is 0 Å². The summed E-state index contributed by atoms with van der Waals surface area (Å²) in [5.74, 6) is -1.88. The van der Waals surface area contributed by atoms with Gasteiger partial charge < -0.3 is 10.2 Å². The average Bonchev–Trinajstić information content (AvgIpc) is 2.50. The number of halogens is 3. The van der Waals surface area contributed by atoms with Crippen molar-refractivity contribution in [2.24, 2.45) is 0 Å². The molecule has 2 aromatic carbocycles. The van der Waals surface area contributed by atoms with Gasteiger partial charge in [-0.3, -0.25) is 0 Å². The zero-order chi connectivity index (χ0) is 15.5. The summed E-state index contributed by atoms with van der Waals surface area (Å²) in [6.07, 6.45) is 0.00518. The van der Waals surface area contributed by atoms with Crippen molar-refractivity contribution < 1.29 is 19.0 Å². The van der Waals surface area contributed by atoms with Crippen molar-refractivity contribution in [1.29, 1.82) is 0 Å². The minimum Gasteiger partial charge on any atom is -0.395 e. The summed E-state index contributed by atoms with van der Waals surface area (Å²) < 4.78 is 28.0. The fourth-order valence-corrected chi connectivity index (χ4v) is 2.56. The number of benzene rings is 2. The quantitative estimate of drug-likeness (QED) is 0.863. The standard InChI is InChI=1S/C16H15BrF2O2/c17-13-6-4-12(5-7-13)16(9-20,10-21)8-11-2-1-3-14(18)15(11)19/h1-7,20-21H,8-10H2. The molecule has 0 saturated carbocycles. The van der Waals surface area contributed by atoms with Crippen LogP contribution in [0, 0.1) is 11.6 Å². The molecule has 0 fully saturated rings. The Bertz CT molecular complexity index is 610. The van der Waals surface area contributed by atoms with E-state index in [9.17, 15) is 19.0 Å². The number of aliphatic hydroxyl groups is 2. The fraction of sp³-hybridized carbons (Fsp3) is 0.250. The van der Waals surface area contributed by atoms with Crippen molar-refractivity contribution in [2.75, 3.05) is 13.2 Å². The van der Waals surface area contributed by atoms with E-state index in [0.29, 0.717) is 5.56 Å². The monoisotopic (exact) mass is 356 g/mol. The molecule has 0 aliphatic rings. The summed E-state index contributed by atoms with van der Waals surface area (Å²) >= 11 is 3.31. The molecule has 2 N–H and O–H groups in total. The first-order chi connectivity index (χ1) is 10.0. The smallest absolute Gasteiger partial charge is 0.162 e. The second-order valence-electron chi connectivity index (χ2n) is 4.99. The molecular formula is C16H15BrF2O2. The van der Waals surface area contributed by atoms with Gasteiger partial charge >= 0.3 is 0 Å². The predicted molar refractivity (Wildman–Crippen MR) is 80.1 cm³/mol. The second kappa shape index (κ2) is 6.64. The van der Waals surface area contributed by atoms with Crippen LogP contribution in [-0.2, 0) is 11.8 Å². The Balaban J connectivity index is 2.43. The zero-order valence-corrected chi connectivity index (χ0v) is 12.8. The van der Waals surface area contributed by atoms with Gasteiger partial charge in [-0.25, -0.2) is 8.78 Å². The number of aliphatic hydroxyl groups excluding tert-OH is 2. The van der Waals surface area contributed by atoms with Crippen molar-refractivity contribution in [1.82, 2.24) is 0 Å². The van der Waals surface area contributed by atoms with Crippen molar-refractivity contribution in [2.45, 2.75) is 11.8 Å². The molecule has 0 unspecified atom stereocenters. The van der Waals surface area contributed by atoms with Crippen molar-refractivity contribution in [3.63, 3.8) is 0 Å². The minimum atomic E-state index is -1.06. The van der Waals surface area contributed by atoms with Crippen LogP contribution in [-0.4, -0.2) is 23.4 Å². The van der Waals surface area contributed by atoms with E-state index in [1.54, 1.807) is 24.3 Å². The van der Waals surface area contributed by atoms with Gasteiger partial charge in [-0.15, -0.1) is 0 Å². The first kappa shape index (κ1) is 16.1. The van der Waals surface area contributed by atoms with Gasteiger partial charge in [-0.05, 0) is 35.7 Å². The van der Waals surface area contributed by atoms with Crippen LogP contribution in [0.25, 0.3) is 0 Å². The first-order valence-electron chi connectivity index (χ1n) is 6.43. The van der Waals surface area contributed by atoms with E-state index < -0.39 is 17.0 Å². The molecule has 0 saturated heterocycles. The summed E-state index contributed by atoms with van der Waals surface area (Å²) in [5.41, 5.74) is -0.268. The highest BCUT2D eigenvalue weighted by Crippen LogP contribution is 2.30. The Morgan fingerprint density at radius 1 is 0.952 bits per heavy atom. The maximum absolute atomic E-state index is 13.8. The number of hydrogen-bond donors (Lipinski definition) is 2. The van der Waals surface area contributed by atoms with Gasteiger partial charge in [0, 0.05) is 9.89 Å². The van der Waals surface area contributed by atoms with Gasteiger partial charge in [0.1, 0.15) is 0 Å². The lowest BCUT2D eigenvalue weighted by Crippen LogP contribution is -2.37. The number of hydrogen-bond acceptors (Lipinski definition) is 2. The molecule has 112 valence electrons. The van der Waals surface area contributed by atoms with Crippen LogP contribution in [0.2, 0.25) is 0 Å². The van der Waals surface area contributed by atoms with E-state index in [1.807, 2.05) is 0 Å². The third-order valence-corrected chi connectivity index (χ3v) is 4.15. The van der Waals surface area contributed by atoms with Gasteiger partial charge in [0.05, 0.1) is 13.2 Å². The molecule has 0 bridgehead atoms. The third-order valence-electron chi connectivity index (χ3n) is 3.62. The Labute approximate surface area is 130 Å². The molecule has 2 aromatic rings. The Kier molecular flexibility index (Phi) is 5.08. The molecule has 5 heteroatoms. The van der Waals surface area contributed by atoms with Crippen molar-refractivity contribution >= 4 is 15.9 Å². The molecule has 0 aliphatic carbocycles. The molecule has 0 radical (unpaired) electrons. The first-order valence-corrected chi connectivity index (χ1v) is 7.22. The molecule has 0 atom stereocenters. The fourth-order valence-electron chi connectivity index (χ4n) is 2.30. The lowest BCUT2D eigenvalue weighted by Gasteiger charge is -2.31. The molecule has 0 aliphatic heterocycles. The zero-order valence-electron chi connectivity index (χ0n) is 11.2. The van der Waals surface area contributed by atoms with Crippen LogP contribution in [0.15, 0.2) is 46.9 Å². The molecule has 21 heavy (non-hydrogen) atoms. The van der Waals surface area contributed by atoms with Crippen LogP contribution in [0.3, 0.4) is 0 Å². The normalized spacial score (nSPS) is 11.7. The molecule has 0 aromatic heterocycles. The Morgan fingerprint density at radius 2 is 1.57 bits per heavy atom. The third kappa shape index (κ3) is 3.31. The topological polar surface area (TPSA) is 40.5 Å². The largest absolute Gasteiger partial charge is 0.395 e. The molecule has 0 spiro atoms. The highest BCUT2D eigenvalue weighted by atomic mass is 79.9. The number of rotatable bonds is 5. The summed E-state index contributed by atoms with van der Waals surface area (Å²) in [7, 11) is 0. The maximum atomic E-state index is 13.8. The maximum Gasteiger partial charge on any atom is 0.162 e. The highest BCUT2D eigenvalue weighted by Gasteiger charge is 2.32. The van der Waals surface area contributed by atoms with Gasteiger partial charge in [0.2, 0.25) is 0 Å².